The lowest BCUT2D eigenvalue weighted by atomic mass is 9.89. The summed E-state index contributed by atoms with van der Waals surface area (Å²) in [5, 5.41) is 15.7. The molecule has 0 aliphatic carbocycles. The van der Waals surface area contributed by atoms with Gasteiger partial charge in [0.15, 0.2) is 0 Å². The molecule has 1 atom stereocenters. The molecule has 13 heteroatoms. The van der Waals surface area contributed by atoms with E-state index in [1.165, 1.54) is 35.5 Å². The van der Waals surface area contributed by atoms with Gasteiger partial charge in [-0.3, -0.25) is 0 Å². The quantitative estimate of drug-likeness (QED) is 0.262. The predicted octanol–water partition coefficient (Wildman–Crippen LogP) is 4.21. The fourth-order valence-corrected chi connectivity index (χ4v) is 5.73. The Morgan fingerprint density at radius 3 is 2.42 bits per heavy atom. The van der Waals surface area contributed by atoms with Crippen LogP contribution in [0.25, 0.3) is 22.6 Å². The molecule has 10 nitrogen and oxygen atoms in total. The monoisotopic (exact) mass is 589 g/mol. The van der Waals surface area contributed by atoms with Crippen LogP contribution in [0.3, 0.4) is 0 Å². The Hall–Kier alpha value is -4.62. The van der Waals surface area contributed by atoms with Gasteiger partial charge in [-0.25, -0.2) is 37.8 Å². The summed E-state index contributed by atoms with van der Waals surface area (Å²) in [6.07, 6.45) is 7.92. The summed E-state index contributed by atoms with van der Waals surface area (Å²) in [6.45, 7) is 1.88. The van der Waals surface area contributed by atoms with E-state index in [2.05, 4.69) is 34.5 Å². The van der Waals surface area contributed by atoms with Crippen LogP contribution in [0.5, 0.6) is 0 Å². The van der Waals surface area contributed by atoms with Gasteiger partial charge in [-0.1, -0.05) is 6.07 Å². The largest absolute Gasteiger partial charge is 0.383 e. The van der Waals surface area contributed by atoms with Crippen molar-refractivity contribution < 1.29 is 18.3 Å². The van der Waals surface area contributed by atoms with Crippen LogP contribution in [0.1, 0.15) is 30.9 Å². The molecule has 3 N–H and O–H groups in total. The highest BCUT2D eigenvalue weighted by Gasteiger charge is 2.35. The lowest BCUT2D eigenvalue weighted by Crippen LogP contribution is -2.40. The second kappa shape index (κ2) is 11.9. The lowest BCUT2D eigenvalue weighted by molar-refractivity contribution is -0.00800. The predicted molar refractivity (Wildman–Crippen MR) is 153 cm³/mol. The van der Waals surface area contributed by atoms with Crippen molar-refractivity contribution >= 4 is 5.95 Å². The third-order valence-corrected chi connectivity index (χ3v) is 7.94. The fraction of sp³-hybridized carbons (Fsp3) is 0.300. The molecular weight excluding hydrogens is 559 g/mol. The molecule has 1 saturated heterocycles. The van der Waals surface area contributed by atoms with Crippen molar-refractivity contribution in [3.05, 3.63) is 96.7 Å². The number of hydrogen-bond acceptors (Lipinski definition) is 8. The van der Waals surface area contributed by atoms with Crippen molar-refractivity contribution in [2.45, 2.75) is 37.5 Å². The highest BCUT2D eigenvalue weighted by Crippen LogP contribution is 2.36. The zero-order chi connectivity index (χ0) is 30.0. The van der Waals surface area contributed by atoms with E-state index < -0.39 is 17.2 Å². The molecule has 1 fully saturated rings. The molecule has 0 bridgehead atoms. The Morgan fingerprint density at radius 1 is 0.953 bits per heavy atom. The Kier molecular flexibility index (Phi) is 7.91. The number of nitrogen functional groups attached to an aromatic ring is 1. The van der Waals surface area contributed by atoms with Crippen LogP contribution < -0.4 is 5.73 Å². The number of nitrogens with zero attached hydrogens (tertiary/aromatic N) is 8. The Morgan fingerprint density at radius 2 is 1.72 bits per heavy atom. The van der Waals surface area contributed by atoms with Crippen molar-refractivity contribution in [1.29, 1.82) is 0 Å². The van der Waals surface area contributed by atoms with E-state index in [0.29, 0.717) is 31.0 Å². The van der Waals surface area contributed by atoms with Crippen LogP contribution in [0.15, 0.2) is 73.7 Å². The normalized spacial score (nSPS) is 15.9. The summed E-state index contributed by atoms with van der Waals surface area (Å²) >= 11 is 0. The molecule has 5 aromatic rings. The number of rotatable bonds is 9. The summed E-state index contributed by atoms with van der Waals surface area (Å²) in [5.41, 5.74) is 7.10. The maximum atomic E-state index is 14.8. The van der Waals surface area contributed by atoms with E-state index in [1.807, 2.05) is 0 Å². The number of nitrogens with two attached hydrogens (primary N) is 1. The minimum Gasteiger partial charge on any atom is -0.383 e. The number of imidazole rings is 1. The van der Waals surface area contributed by atoms with Crippen molar-refractivity contribution in [1.82, 2.24) is 39.2 Å². The average molecular weight is 590 g/mol. The van der Waals surface area contributed by atoms with Crippen molar-refractivity contribution in [2.75, 3.05) is 25.4 Å². The molecular formula is C30H30F3N9O. The van der Waals surface area contributed by atoms with Crippen LogP contribution in [0.4, 0.5) is 19.1 Å². The van der Waals surface area contributed by atoms with Gasteiger partial charge in [-0.2, -0.15) is 5.10 Å². The molecule has 3 aromatic heterocycles. The lowest BCUT2D eigenvalue weighted by Gasteiger charge is -2.36. The number of hydrogen-bond donors (Lipinski definition) is 2. The molecule has 0 spiro atoms. The first kappa shape index (κ1) is 28.5. The van der Waals surface area contributed by atoms with Gasteiger partial charge in [-0.15, -0.1) is 0 Å². The highest BCUT2D eigenvalue weighted by atomic mass is 19.1. The molecule has 1 aliphatic rings. The summed E-state index contributed by atoms with van der Waals surface area (Å²) < 4.78 is 45.6. The number of piperidine rings is 1. The van der Waals surface area contributed by atoms with Gasteiger partial charge < -0.3 is 20.3 Å². The number of halogens is 3. The Labute approximate surface area is 245 Å². The Balaban J connectivity index is 1.20. The molecule has 0 saturated carbocycles. The molecule has 2 aromatic carbocycles. The van der Waals surface area contributed by atoms with Crippen molar-refractivity contribution in [3.63, 3.8) is 0 Å². The van der Waals surface area contributed by atoms with Gasteiger partial charge in [0, 0.05) is 49.1 Å². The molecule has 6 rings (SSSR count). The summed E-state index contributed by atoms with van der Waals surface area (Å²) in [7, 11) is 0. The van der Waals surface area contributed by atoms with E-state index in [0.717, 1.165) is 36.2 Å². The van der Waals surface area contributed by atoms with E-state index in [-0.39, 0.29) is 36.3 Å². The molecule has 4 heterocycles. The van der Waals surface area contributed by atoms with Crippen molar-refractivity contribution in [3.8, 4) is 22.6 Å². The molecule has 43 heavy (non-hydrogen) atoms. The molecule has 1 aliphatic heterocycles. The first-order valence-electron chi connectivity index (χ1n) is 13.9. The molecule has 0 radical (unpaired) electrons. The smallest absolute Gasteiger partial charge is 0.220 e. The second-order valence-electron chi connectivity index (χ2n) is 10.7. The van der Waals surface area contributed by atoms with Crippen LogP contribution in [0, 0.1) is 17.5 Å². The molecule has 0 amide bonds. The molecule has 0 unspecified atom stereocenters. The fourth-order valence-electron chi connectivity index (χ4n) is 5.73. The maximum Gasteiger partial charge on any atom is 0.220 e. The number of aliphatic hydroxyl groups is 1. The first-order valence-corrected chi connectivity index (χ1v) is 13.9. The van der Waals surface area contributed by atoms with Crippen molar-refractivity contribution in [2.24, 2.45) is 0 Å². The van der Waals surface area contributed by atoms with Crippen LogP contribution >= 0.6 is 0 Å². The zero-order valence-electron chi connectivity index (χ0n) is 23.2. The maximum absolute atomic E-state index is 14.8. The van der Waals surface area contributed by atoms with Gasteiger partial charge in [0.1, 0.15) is 35.7 Å². The van der Waals surface area contributed by atoms with Crippen LogP contribution in [-0.4, -0.2) is 63.9 Å². The van der Waals surface area contributed by atoms with Gasteiger partial charge >= 0.3 is 0 Å². The minimum atomic E-state index is -1.63. The summed E-state index contributed by atoms with van der Waals surface area (Å²) in [6, 6.07) is 11.2. The Bertz CT molecular complexity index is 1690. The first-order chi connectivity index (χ1) is 20.8. The second-order valence-corrected chi connectivity index (χ2v) is 10.7. The number of aromatic nitrogens is 7. The average Bonchev–Trinajstić information content (AvgIpc) is 3.67. The number of benzene rings is 2. The number of anilines is 1. The standard InChI is InChI=1S/C30H30F3N9O/c31-21-3-1-20(2-4-21)27-28(26-7-11-36-29(34)39-26)42(19-37-27)23-8-12-40(13-9-23)14-10-30(43,16-41-18-35-17-38-41)24-6-5-22(32)15-25(24)33/h1-7,11,15,17-19,23,43H,8-10,12-14,16H2,(H2,34,36,39)/t30-/m1/s1. The highest BCUT2D eigenvalue weighted by molar-refractivity contribution is 5.77. The zero-order valence-corrected chi connectivity index (χ0v) is 23.2. The van der Waals surface area contributed by atoms with Gasteiger partial charge in [0.05, 0.1) is 30.0 Å². The summed E-state index contributed by atoms with van der Waals surface area (Å²) in [4.78, 5) is 19.3. The van der Waals surface area contributed by atoms with Gasteiger partial charge in [0.2, 0.25) is 5.95 Å². The third-order valence-electron chi connectivity index (χ3n) is 7.94. The van der Waals surface area contributed by atoms with Gasteiger partial charge in [0.25, 0.3) is 0 Å². The summed E-state index contributed by atoms with van der Waals surface area (Å²) in [5.74, 6) is -1.71. The van der Waals surface area contributed by atoms with Gasteiger partial charge in [-0.05, 0) is 55.7 Å². The molecule has 222 valence electrons. The van der Waals surface area contributed by atoms with E-state index in [1.54, 1.807) is 30.7 Å². The van der Waals surface area contributed by atoms with E-state index >= 15 is 0 Å². The van der Waals surface area contributed by atoms with Crippen LogP contribution in [0.2, 0.25) is 0 Å². The minimum absolute atomic E-state index is 0.0137. The third kappa shape index (κ3) is 6.13. The van der Waals surface area contributed by atoms with Crippen LogP contribution in [-0.2, 0) is 12.1 Å². The van der Waals surface area contributed by atoms with E-state index in [4.69, 9.17) is 5.73 Å². The van der Waals surface area contributed by atoms with E-state index in [9.17, 15) is 18.3 Å². The SMILES string of the molecule is Nc1nccc(-c2c(-c3ccc(F)cc3)ncn2C2CCN(CC[C@@](O)(Cn3cncn3)c3ccc(F)cc3F)CC2)n1. The topological polar surface area (TPSA) is 124 Å². The number of likely N-dealkylation sites (tertiary alicyclic amines) is 1.